The molecule has 0 spiro atoms. The molecular weight excluding hydrogens is 374 g/mol. The van der Waals surface area contributed by atoms with Gasteiger partial charge >= 0.3 is 0 Å². The zero-order valence-electron chi connectivity index (χ0n) is 15.1. The minimum absolute atomic E-state index is 0.227. The summed E-state index contributed by atoms with van der Waals surface area (Å²) in [6.07, 6.45) is 1.21. The molecule has 0 N–H and O–H groups in total. The molecule has 140 valence electrons. The van der Waals surface area contributed by atoms with E-state index >= 15 is 0 Å². The van der Waals surface area contributed by atoms with Gasteiger partial charge in [0.15, 0.2) is 21.3 Å². The molecule has 0 saturated carbocycles. The van der Waals surface area contributed by atoms with Crippen molar-refractivity contribution in [3.63, 3.8) is 0 Å². The van der Waals surface area contributed by atoms with Crippen LogP contribution in [0, 0.1) is 0 Å². The summed E-state index contributed by atoms with van der Waals surface area (Å²) >= 11 is 0. The summed E-state index contributed by atoms with van der Waals surface area (Å²) in [5.74, 6) is 1.45. The van der Waals surface area contributed by atoms with Crippen molar-refractivity contribution in [1.29, 1.82) is 0 Å². The van der Waals surface area contributed by atoms with Crippen molar-refractivity contribution in [2.24, 2.45) is 0 Å². The van der Waals surface area contributed by atoms with E-state index in [4.69, 9.17) is 9.47 Å². The van der Waals surface area contributed by atoms with E-state index in [1.807, 2.05) is 42.5 Å². The van der Waals surface area contributed by atoms with E-state index in [2.05, 4.69) is 22.8 Å². The highest BCUT2D eigenvalue weighted by Crippen LogP contribution is 2.37. The Kier molecular flexibility index (Phi) is 3.70. The van der Waals surface area contributed by atoms with Gasteiger partial charge in [0.2, 0.25) is 6.79 Å². The second-order valence-corrected chi connectivity index (χ2v) is 8.77. The van der Waals surface area contributed by atoms with Crippen LogP contribution in [0.15, 0.2) is 77.7 Å². The van der Waals surface area contributed by atoms with Crippen LogP contribution in [0.5, 0.6) is 11.5 Å². The summed E-state index contributed by atoms with van der Waals surface area (Å²) in [5.41, 5.74) is 3.91. The molecule has 0 atom stereocenters. The molecule has 5 nitrogen and oxygen atoms in total. The van der Waals surface area contributed by atoms with Gasteiger partial charge in [-0.1, -0.05) is 30.3 Å². The van der Waals surface area contributed by atoms with Crippen LogP contribution in [0.1, 0.15) is 0 Å². The third kappa shape index (κ3) is 2.73. The second-order valence-electron chi connectivity index (χ2n) is 6.76. The Labute approximate surface area is 162 Å². The van der Waals surface area contributed by atoms with Crippen LogP contribution in [0.2, 0.25) is 0 Å². The lowest BCUT2D eigenvalue weighted by Gasteiger charge is -2.12. The van der Waals surface area contributed by atoms with E-state index in [9.17, 15) is 8.42 Å². The Hall–Kier alpha value is -3.25. The predicted molar refractivity (Wildman–Crippen MR) is 108 cm³/mol. The smallest absolute Gasteiger partial charge is 0.231 e. The van der Waals surface area contributed by atoms with E-state index < -0.39 is 9.84 Å². The first-order valence-electron chi connectivity index (χ1n) is 8.82. The van der Waals surface area contributed by atoms with Gasteiger partial charge in [-0.2, -0.15) is 0 Å². The Balaban J connectivity index is 1.73. The predicted octanol–water partition coefficient (Wildman–Crippen LogP) is 4.43. The largest absolute Gasteiger partial charge is 0.454 e. The average molecular weight is 391 g/mol. The number of fused-ring (bicyclic) bond motifs is 2. The van der Waals surface area contributed by atoms with Crippen molar-refractivity contribution in [2.45, 2.75) is 4.90 Å². The third-order valence-corrected chi connectivity index (χ3v) is 6.03. The molecule has 0 unspecified atom stereocenters. The van der Waals surface area contributed by atoms with Gasteiger partial charge in [0.1, 0.15) is 0 Å². The summed E-state index contributed by atoms with van der Waals surface area (Å²) in [6, 6.07) is 23.1. The molecule has 5 rings (SSSR count). The van der Waals surface area contributed by atoms with Crippen LogP contribution in [0.25, 0.3) is 27.8 Å². The van der Waals surface area contributed by atoms with Gasteiger partial charge < -0.3 is 14.0 Å². The van der Waals surface area contributed by atoms with E-state index in [1.165, 1.54) is 6.26 Å². The first-order valence-corrected chi connectivity index (χ1v) is 10.7. The fourth-order valence-corrected chi connectivity index (χ4v) is 4.17. The first-order chi connectivity index (χ1) is 13.5. The molecule has 0 aliphatic carbocycles. The van der Waals surface area contributed by atoms with E-state index in [0.717, 1.165) is 33.6 Å². The summed E-state index contributed by atoms with van der Waals surface area (Å²) < 4.78 is 36.7. The van der Waals surface area contributed by atoms with Gasteiger partial charge in [0.05, 0.1) is 21.8 Å². The van der Waals surface area contributed by atoms with Crippen LogP contribution in [-0.4, -0.2) is 26.0 Å². The molecule has 0 radical (unpaired) electrons. The van der Waals surface area contributed by atoms with Gasteiger partial charge in [-0.05, 0) is 42.0 Å². The minimum Gasteiger partial charge on any atom is -0.454 e. The van der Waals surface area contributed by atoms with Crippen LogP contribution in [0.4, 0.5) is 0 Å². The van der Waals surface area contributed by atoms with Gasteiger partial charge in [-0.3, -0.25) is 0 Å². The van der Waals surface area contributed by atoms with Crippen LogP contribution in [0.3, 0.4) is 0 Å². The number of para-hydroxylation sites is 1. The number of sulfone groups is 1. The molecule has 28 heavy (non-hydrogen) atoms. The number of ether oxygens (including phenoxy) is 2. The van der Waals surface area contributed by atoms with Crippen LogP contribution >= 0.6 is 0 Å². The van der Waals surface area contributed by atoms with Crippen LogP contribution < -0.4 is 9.47 Å². The van der Waals surface area contributed by atoms with Crippen molar-refractivity contribution >= 4 is 20.7 Å². The molecule has 0 saturated heterocycles. The van der Waals surface area contributed by atoms with Crippen molar-refractivity contribution in [1.82, 2.24) is 4.57 Å². The SMILES string of the molecule is CS(=O)(=O)c1ccc(-c2cc3ccccc3n2-c2ccc3c(c2)OCO3)cc1. The molecule has 4 aromatic rings. The third-order valence-electron chi connectivity index (χ3n) is 4.90. The summed E-state index contributed by atoms with van der Waals surface area (Å²) in [5, 5.41) is 1.10. The van der Waals surface area contributed by atoms with E-state index in [0.29, 0.717) is 10.6 Å². The molecule has 0 fully saturated rings. The topological polar surface area (TPSA) is 57.5 Å². The molecule has 1 aliphatic heterocycles. The zero-order valence-corrected chi connectivity index (χ0v) is 15.9. The normalized spacial score (nSPS) is 13.2. The van der Waals surface area contributed by atoms with Gasteiger partial charge in [0.25, 0.3) is 0 Å². The Morgan fingerprint density at radius 3 is 2.39 bits per heavy atom. The maximum atomic E-state index is 11.8. The van der Waals surface area contributed by atoms with Crippen molar-refractivity contribution in [2.75, 3.05) is 13.0 Å². The minimum atomic E-state index is -3.23. The Morgan fingerprint density at radius 1 is 0.857 bits per heavy atom. The fourth-order valence-electron chi connectivity index (χ4n) is 3.54. The lowest BCUT2D eigenvalue weighted by Crippen LogP contribution is -1.99. The van der Waals surface area contributed by atoms with E-state index in [-0.39, 0.29) is 6.79 Å². The molecule has 1 aliphatic rings. The first kappa shape index (κ1) is 16.9. The summed E-state index contributed by atoms with van der Waals surface area (Å²) in [7, 11) is -3.23. The van der Waals surface area contributed by atoms with Crippen molar-refractivity contribution in [3.05, 3.63) is 72.8 Å². The molecule has 6 heteroatoms. The molecule has 1 aromatic heterocycles. The average Bonchev–Trinajstić information content (AvgIpc) is 3.31. The highest BCUT2D eigenvalue weighted by Gasteiger charge is 2.18. The molecule has 3 aromatic carbocycles. The standard InChI is InChI=1S/C22H17NO4S/c1-28(24,25)18-9-6-15(7-10-18)20-12-16-4-2-3-5-19(16)23(20)17-8-11-21-22(13-17)27-14-26-21/h2-13H,14H2,1H3. The summed E-state index contributed by atoms with van der Waals surface area (Å²) in [6.45, 7) is 0.227. The maximum Gasteiger partial charge on any atom is 0.231 e. The number of nitrogens with zero attached hydrogens (tertiary/aromatic N) is 1. The number of rotatable bonds is 3. The highest BCUT2D eigenvalue weighted by atomic mass is 32.2. The monoisotopic (exact) mass is 391 g/mol. The van der Waals surface area contributed by atoms with Crippen molar-refractivity contribution < 1.29 is 17.9 Å². The highest BCUT2D eigenvalue weighted by molar-refractivity contribution is 7.90. The lowest BCUT2D eigenvalue weighted by molar-refractivity contribution is 0.174. The zero-order chi connectivity index (χ0) is 19.3. The Morgan fingerprint density at radius 2 is 1.61 bits per heavy atom. The van der Waals surface area contributed by atoms with Gasteiger partial charge in [-0.25, -0.2) is 8.42 Å². The molecule has 0 amide bonds. The Bertz CT molecular complexity index is 1300. The van der Waals surface area contributed by atoms with E-state index in [1.54, 1.807) is 12.1 Å². The van der Waals surface area contributed by atoms with Gasteiger partial charge in [-0.15, -0.1) is 0 Å². The van der Waals surface area contributed by atoms with Crippen LogP contribution in [-0.2, 0) is 9.84 Å². The van der Waals surface area contributed by atoms with Gasteiger partial charge in [0, 0.05) is 17.7 Å². The maximum absolute atomic E-state index is 11.8. The number of hydrogen-bond donors (Lipinski definition) is 0. The second kappa shape index (κ2) is 6.14. The summed E-state index contributed by atoms with van der Waals surface area (Å²) in [4.78, 5) is 0.307. The van der Waals surface area contributed by atoms with Crippen molar-refractivity contribution in [3.8, 4) is 28.4 Å². The quantitative estimate of drug-likeness (QED) is 0.518. The molecule has 0 bridgehead atoms. The fraction of sp³-hybridized carbons (Fsp3) is 0.0909. The number of hydrogen-bond acceptors (Lipinski definition) is 4. The molecular formula is C22H17NO4S. The molecule has 2 heterocycles. The number of aromatic nitrogens is 1. The lowest BCUT2D eigenvalue weighted by atomic mass is 10.1. The number of benzene rings is 3.